The molecular weight excluding hydrogens is 713 g/mol. The molecule has 0 bridgehead atoms. The fraction of sp³-hybridized carbons (Fsp3) is 0.523. The summed E-state index contributed by atoms with van der Waals surface area (Å²) in [6.07, 6.45) is 12.0. The van der Waals surface area contributed by atoms with Crippen LogP contribution in [0.5, 0.6) is 11.5 Å². The van der Waals surface area contributed by atoms with E-state index in [2.05, 4.69) is 30.4 Å². The van der Waals surface area contributed by atoms with Gasteiger partial charge in [0.1, 0.15) is 36.4 Å². The van der Waals surface area contributed by atoms with Crippen LogP contribution in [0.1, 0.15) is 93.9 Å². The predicted octanol–water partition coefficient (Wildman–Crippen LogP) is 7.62. The smallest absolute Gasteiger partial charge is 0.241 e. The van der Waals surface area contributed by atoms with Crippen molar-refractivity contribution in [3.8, 4) is 11.5 Å². The molecule has 1 aromatic heterocycles. The quantitative estimate of drug-likeness (QED) is 0.0429. The minimum absolute atomic E-state index is 0.121. The monoisotopic (exact) mass is 770 g/mol. The van der Waals surface area contributed by atoms with E-state index in [0.717, 1.165) is 53.8 Å². The lowest BCUT2D eigenvalue weighted by atomic mass is 9.55. The van der Waals surface area contributed by atoms with Gasteiger partial charge in [0, 0.05) is 44.3 Å². The van der Waals surface area contributed by atoms with E-state index in [4.69, 9.17) is 38.9 Å². The van der Waals surface area contributed by atoms with Gasteiger partial charge in [0.05, 0.1) is 24.4 Å². The van der Waals surface area contributed by atoms with Crippen LogP contribution in [0.3, 0.4) is 0 Å². The van der Waals surface area contributed by atoms with Gasteiger partial charge in [0.25, 0.3) is 0 Å². The molecular formula is C44H58N4O8. The number of aromatic nitrogens is 3. The number of hydrogen-bond acceptors (Lipinski definition) is 11. The average Bonchev–Trinajstić information content (AvgIpc) is 3.70. The maximum atomic E-state index is 9.92. The molecule has 0 spiro atoms. The summed E-state index contributed by atoms with van der Waals surface area (Å²) in [5.41, 5.74) is 4.44. The summed E-state index contributed by atoms with van der Waals surface area (Å²) < 4.78 is 34.6. The Labute approximate surface area is 330 Å². The molecule has 6 rings (SSSR count). The normalized spacial score (nSPS) is 24.6. The summed E-state index contributed by atoms with van der Waals surface area (Å²) in [6, 6.07) is 15.4. The maximum absolute atomic E-state index is 9.92. The summed E-state index contributed by atoms with van der Waals surface area (Å²) in [5.74, 6) is -0.148. The highest BCUT2D eigenvalue weighted by molar-refractivity contribution is 6.02. The molecule has 302 valence electrons. The first-order chi connectivity index (χ1) is 27.5. The van der Waals surface area contributed by atoms with E-state index in [1.165, 1.54) is 0 Å². The van der Waals surface area contributed by atoms with Gasteiger partial charge in [-0.15, -0.1) is 11.7 Å². The van der Waals surface area contributed by atoms with Crippen molar-refractivity contribution in [1.82, 2.24) is 15.0 Å². The van der Waals surface area contributed by atoms with Crippen LogP contribution in [-0.2, 0) is 25.7 Å². The number of oxime groups is 1. The zero-order valence-electron chi connectivity index (χ0n) is 32.8. The van der Waals surface area contributed by atoms with Gasteiger partial charge in [-0.2, -0.15) is 0 Å². The highest BCUT2D eigenvalue weighted by Gasteiger charge is 2.65. The third-order valence-corrected chi connectivity index (χ3v) is 11.0. The van der Waals surface area contributed by atoms with E-state index >= 15 is 0 Å². The second-order valence-electron chi connectivity index (χ2n) is 14.5. The van der Waals surface area contributed by atoms with E-state index in [1.54, 1.807) is 18.3 Å². The largest absolute Gasteiger partial charge is 0.490 e. The average molecular weight is 771 g/mol. The van der Waals surface area contributed by atoms with Gasteiger partial charge in [-0.3, -0.25) is 0 Å². The molecule has 2 N–H and O–H groups in total. The minimum Gasteiger partial charge on any atom is -0.490 e. The molecule has 12 heteroatoms. The zero-order chi connectivity index (χ0) is 39.3. The highest BCUT2D eigenvalue weighted by atomic mass is 16.7. The summed E-state index contributed by atoms with van der Waals surface area (Å²) in [4.78, 5) is 6.20. The van der Waals surface area contributed by atoms with Crippen LogP contribution in [0.15, 0.2) is 96.8 Å². The first kappa shape index (κ1) is 41.3. The van der Waals surface area contributed by atoms with Gasteiger partial charge >= 0.3 is 0 Å². The number of allylic oxidation sites excluding steroid dienone is 1. The lowest BCUT2D eigenvalue weighted by Crippen LogP contribution is -2.63. The Morgan fingerprint density at radius 2 is 1.73 bits per heavy atom. The van der Waals surface area contributed by atoms with Crippen LogP contribution in [0.25, 0.3) is 0 Å². The Balaban J connectivity index is 1.59. The first-order valence-electron chi connectivity index (χ1n) is 20.1. The molecule has 12 nitrogen and oxygen atoms in total. The van der Waals surface area contributed by atoms with E-state index < -0.39 is 18.1 Å². The van der Waals surface area contributed by atoms with Crippen LogP contribution in [0.2, 0.25) is 0 Å². The van der Waals surface area contributed by atoms with Gasteiger partial charge in [-0.05, 0) is 80.7 Å². The Bertz CT molecular complexity index is 1770. The predicted molar refractivity (Wildman–Crippen MR) is 213 cm³/mol. The molecule has 56 heavy (non-hydrogen) atoms. The second kappa shape index (κ2) is 20.2. The second-order valence-corrected chi connectivity index (χ2v) is 14.5. The number of aliphatic hydroxyl groups is 2. The Morgan fingerprint density at radius 1 is 0.982 bits per heavy atom. The summed E-state index contributed by atoms with van der Waals surface area (Å²) in [6.45, 7) is 13.7. The molecule has 1 fully saturated rings. The molecule has 2 aromatic carbocycles. The lowest BCUT2D eigenvalue weighted by Gasteiger charge is -2.58. The number of hydrogen-bond donors (Lipinski definition) is 2. The number of ether oxygens (including phenoxy) is 5. The van der Waals surface area contributed by atoms with Crippen LogP contribution in [-0.4, -0.2) is 76.3 Å². The Morgan fingerprint density at radius 3 is 2.45 bits per heavy atom. The Hall–Kier alpha value is -4.33. The number of fused-ring (bicyclic) bond motifs is 2. The van der Waals surface area contributed by atoms with Crippen molar-refractivity contribution in [3.05, 3.63) is 109 Å². The van der Waals surface area contributed by atoms with Gasteiger partial charge in [0.15, 0.2) is 0 Å². The molecule has 0 amide bonds. The first-order valence-corrected chi connectivity index (χ1v) is 20.1. The van der Waals surface area contributed by atoms with Crippen LogP contribution in [0, 0.1) is 17.8 Å². The minimum atomic E-state index is -1.31. The molecule has 0 saturated heterocycles. The molecule has 0 radical (unpaired) electrons. The van der Waals surface area contributed by atoms with Crippen molar-refractivity contribution in [2.45, 2.75) is 89.4 Å². The third kappa shape index (κ3) is 8.95. The SMILES string of the molecule is C=CCOc1ccc2c(c1)[C@H]1[C@H](CCCCO)[C@@H](CCCCO)C=C3C(=NOCc4ccccc4)C[C@H](n4nncc4C(OCC)OCC)[C@@](OCC=C)(O2)[C@H]31. The van der Waals surface area contributed by atoms with Crippen molar-refractivity contribution < 1.29 is 38.7 Å². The fourth-order valence-corrected chi connectivity index (χ4v) is 8.77. The number of unbranched alkanes of at least 4 members (excludes halogenated alkanes) is 2. The fourth-order valence-electron chi connectivity index (χ4n) is 8.77. The number of nitrogens with zero attached hydrogens (tertiary/aromatic N) is 4. The van der Waals surface area contributed by atoms with E-state index in [9.17, 15) is 10.2 Å². The maximum Gasteiger partial charge on any atom is 0.241 e. The Kier molecular flexibility index (Phi) is 14.9. The van der Waals surface area contributed by atoms with Gasteiger partial charge < -0.3 is 38.7 Å². The van der Waals surface area contributed by atoms with Crippen molar-refractivity contribution >= 4 is 5.71 Å². The van der Waals surface area contributed by atoms with E-state index in [1.807, 2.05) is 61.0 Å². The van der Waals surface area contributed by atoms with Crippen molar-refractivity contribution in [3.63, 3.8) is 0 Å². The molecule has 3 aliphatic rings. The number of rotatable bonds is 23. The standard InChI is InChI=1S/C44H58N4O8/c1-5-24-53-33-20-21-39-36(27-33)41-34(19-13-15-23-50)32(18-12-14-22-49)26-35-37(46-55-30-31-16-10-9-11-17-31)28-40(44(56-39,42(35)41)54-25-6-2)48-38(29-45-47-48)43(51-7-3)52-8-4/h5-6,9-11,16-17,20-21,26-27,29,32,34,40-43,49-50H,1-2,7-8,12-15,18-19,22-25,28,30H2,3-4H3/t32-,34+,40-,41+,42+,44+/m0/s1. The van der Waals surface area contributed by atoms with Crippen molar-refractivity contribution in [2.75, 3.05) is 39.6 Å². The van der Waals surface area contributed by atoms with Gasteiger partial charge in [0.2, 0.25) is 12.1 Å². The van der Waals surface area contributed by atoms with Gasteiger partial charge in [-0.1, -0.05) is 78.3 Å². The van der Waals surface area contributed by atoms with E-state index in [-0.39, 0.29) is 43.5 Å². The third-order valence-electron chi connectivity index (χ3n) is 11.0. The van der Waals surface area contributed by atoms with Crippen LogP contribution < -0.4 is 9.47 Å². The van der Waals surface area contributed by atoms with Crippen LogP contribution >= 0.6 is 0 Å². The summed E-state index contributed by atoms with van der Waals surface area (Å²) in [5, 5.41) is 33.8. The summed E-state index contributed by atoms with van der Waals surface area (Å²) in [7, 11) is 0. The molecule has 0 unspecified atom stereocenters. The summed E-state index contributed by atoms with van der Waals surface area (Å²) >= 11 is 0. The molecule has 1 aliphatic heterocycles. The van der Waals surface area contributed by atoms with Crippen LogP contribution in [0.4, 0.5) is 0 Å². The molecule has 2 heterocycles. The molecule has 2 aliphatic carbocycles. The number of benzene rings is 2. The highest BCUT2D eigenvalue weighted by Crippen LogP contribution is 2.63. The molecule has 3 aromatic rings. The van der Waals surface area contributed by atoms with Crippen molar-refractivity contribution in [2.24, 2.45) is 22.9 Å². The topological polar surface area (TPSA) is 139 Å². The lowest BCUT2D eigenvalue weighted by molar-refractivity contribution is -0.254. The van der Waals surface area contributed by atoms with Gasteiger partial charge in [-0.25, -0.2) is 4.68 Å². The molecule has 1 saturated carbocycles. The molecule has 6 atom stereocenters. The van der Waals surface area contributed by atoms with E-state index in [0.29, 0.717) is 57.1 Å². The van der Waals surface area contributed by atoms with Crippen molar-refractivity contribution in [1.29, 1.82) is 0 Å². The number of aliphatic hydroxyl groups excluding tert-OH is 2. The zero-order valence-corrected chi connectivity index (χ0v) is 32.8.